The van der Waals surface area contributed by atoms with E-state index in [0.717, 1.165) is 37.2 Å². The van der Waals surface area contributed by atoms with Gasteiger partial charge >= 0.3 is 0 Å². The highest BCUT2D eigenvalue weighted by Crippen LogP contribution is 2.21. The van der Waals surface area contributed by atoms with Crippen LogP contribution in [0.5, 0.6) is 0 Å². The average molecular weight is 192 g/mol. The topological polar surface area (TPSA) is 34.9 Å². The zero-order chi connectivity index (χ0) is 10.1. The zero-order valence-corrected chi connectivity index (χ0v) is 8.79. The number of nitrogens with zero attached hydrogens (tertiary/aromatic N) is 2. The summed E-state index contributed by atoms with van der Waals surface area (Å²) in [7, 11) is 0. The lowest BCUT2D eigenvalue weighted by Gasteiger charge is -2.08. The van der Waals surface area contributed by atoms with Crippen molar-refractivity contribution in [2.75, 3.05) is 0 Å². The summed E-state index contributed by atoms with van der Waals surface area (Å²) in [5, 5.41) is 0. The van der Waals surface area contributed by atoms with Crippen LogP contribution in [0.25, 0.3) is 0 Å². The first-order valence-corrected chi connectivity index (χ1v) is 5.33. The van der Waals surface area contributed by atoms with Crippen LogP contribution in [0.4, 0.5) is 0 Å². The minimum absolute atomic E-state index is 0.128. The van der Waals surface area contributed by atoms with Gasteiger partial charge in [0, 0.05) is 24.2 Å². The molecule has 3 nitrogen and oxygen atoms in total. The quantitative estimate of drug-likeness (QED) is 0.715. The third-order valence-corrected chi connectivity index (χ3v) is 2.81. The van der Waals surface area contributed by atoms with E-state index in [2.05, 4.69) is 18.8 Å². The van der Waals surface area contributed by atoms with Crippen molar-refractivity contribution in [3.8, 4) is 0 Å². The van der Waals surface area contributed by atoms with Gasteiger partial charge < -0.3 is 0 Å². The van der Waals surface area contributed by atoms with Crippen molar-refractivity contribution in [1.82, 2.24) is 9.55 Å². The summed E-state index contributed by atoms with van der Waals surface area (Å²) in [4.78, 5) is 16.3. The van der Waals surface area contributed by atoms with Crippen LogP contribution in [-0.2, 0) is 12.8 Å². The Bertz CT molecular complexity index is 395. The van der Waals surface area contributed by atoms with Gasteiger partial charge in [0.1, 0.15) is 5.82 Å². The Morgan fingerprint density at radius 3 is 3.14 bits per heavy atom. The average Bonchev–Trinajstić information content (AvgIpc) is 2.48. The predicted octanol–water partition coefficient (Wildman–Crippen LogP) is 1.70. The van der Waals surface area contributed by atoms with E-state index in [1.54, 1.807) is 6.07 Å². The molecule has 0 aromatic carbocycles. The van der Waals surface area contributed by atoms with E-state index < -0.39 is 0 Å². The number of hydrogen-bond donors (Lipinski definition) is 0. The fourth-order valence-corrected chi connectivity index (χ4v) is 2.09. The van der Waals surface area contributed by atoms with Crippen molar-refractivity contribution >= 4 is 0 Å². The van der Waals surface area contributed by atoms with Gasteiger partial charge in [0.05, 0.1) is 0 Å². The zero-order valence-electron chi connectivity index (χ0n) is 8.79. The largest absolute Gasteiger partial charge is 0.294 e. The van der Waals surface area contributed by atoms with Gasteiger partial charge in [0.15, 0.2) is 0 Å². The van der Waals surface area contributed by atoms with E-state index in [-0.39, 0.29) is 5.56 Å². The summed E-state index contributed by atoms with van der Waals surface area (Å²) in [6, 6.07) is 2.02. The number of aromatic nitrogens is 2. The monoisotopic (exact) mass is 192 g/mol. The smallest absolute Gasteiger partial charge is 0.253 e. The molecule has 0 saturated carbocycles. The molecule has 1 aliphatic heterocycles. The molecule has 76 valence electrons. The Hall–Kier alpha value is -1.12. The van der Waals surface area contributed by atoms with Crippen LogP contribution < -0.4 is 5.56 Å². The minimum atomic E-state index is 0.128. The van der Waals surface area contributed by atoms with Gasteiger partial charge in [-0.3, -0.25) is 9.36 Å². The van der Waals surface area contributed by atoms with Crippen molar-refractivity contribution in [3.63, 3.8) is 0 Å². The molecule has 0 N–H and O–H groups in total. The fourth-order valence-electron chi connectivity index (χ4n) is 2.09. The van der Waals surface area contributed by atoms with Gasteiger partial charge in [-0.05, 0) is 19.8 Å². The number of rotatable bonds is 2. The molecular formula is C11H16N2O. The lowest BCUT2D eigenvalue weighted by molar-refractivity contribution is 0.557. The fraction of sp³-hybridized carbons (Fsp3) is 0.636. The van der Waals surface area contributed by atoms with E-state index in [4.69, 9.17) is 0 Å². The molecule has 0 aliphatic carbocycles. The standard InChI is InChI=1S/C11H16N2O/c1-3-4-9-7-11(14)13-8(2)5-6-10(13)12-9/h7-8H,3-6H2,1-2H3. The summed E-state index contributed by atoms with van der Waals surface area (Å²) in [6.45, 7) is 4.19. The van der Waals surface area contributed by atoms with Crippen LogP contribution in [-0.4, -0.2) is 9.55 Å². The molecule has 14 heavy (non-hydrogen) atoms. The number of aryl methyl sites for hydroxylation is 2. The summed E-state index contributed by atoms with van der Waals surface area (Å²) in [5.74, 6) is 0.980. The van der Waals surface area contributed by atoms with Gasteiger partial charge in [-0.15, -0.1) is 0 Å². The second kappa shape index (κ2) is 3.56. The van der Waals surface area contributed by atoms with Crippen molar-refractivity contribution < 1.29 is 0 Å². The molecule has 1 aromatic heterocycles. The second-order valence-corrected chi connectivity index (χ2v) is 4.01. The first-order chi connectivity index (χ1) is 6.72. The molecule has 2 rings (SSSR count). The minimum Gasteiger partial charge on any atom is -0.294 e. The van der Waals surface area contributed by atoms with Crippen LogP contribution in [0.2, 0.25) is 0 Å². The molecule has 1 aromatic rings. The van der Waals surface area contributed by atoms with Crippen LogP contribution in [0.3, 0.4) is 0 Å². The lowest BCUT2D eigenvalue weighted by Crippen LogP contribution is -2.23. The normalized spacial score (nSPS) is 19.7. The third-order valence-electron chi connectivity index (χ3n) is 2.81. The van der Waals surface area contributed by atoms with E-state index in [0.29, 0.717) is 6.04 Å². The van der Waals surface area contributed by atoms with Crippen molar-refractivity contribution in [2.45, 2.75) is 45.6 Å². The van der Waals surface area contributed by atoms with E-state index in [1.165, 1.54) is 0 Å². The van der Waals surface area contributed by atoms with Crippen LogP contribution in [0, 0.1) is 0 Å². The SMILES string of the molecule is CCCc1cc(=O)n2c(n1)CCC2C. The Morgan fingerprint density at radius 2 is 2.43 bits per heavy atom. The molecule has 1 aliphatic rings. The highest BCUT2D eigenvalue weighted by molar-refractivity contribution is 5.09. The molecule has 1 unspecified atom stereocenters. The van der Waals surface area contributed by atoms with Gasteiger partial charge in [0.25, 0.3) is 5.56 Å². The molecule has 2 heterocycles. The Kier molecular flexibility index (Phi) is 2.40. The second-order valence-electron chi connectivity index (χ2n) is 4.01. The molecule has 0 amide bonds. The Morgan fingerprint density at radius 1 is 1.64 bits per heavy atom. The molecule has 0 radical (unpaired) electrons. The summed E-state index contributed by atoms with van der Waals surface area (Å²) in [5.41, 5.74) is 1.08. The Balaban J connectivity index is 2.46. The summed E-state index contributed by atoms with van der Waals surface area (Å²) in [6.07, 6.45) is 3.97. The van der Waals surface area contributed by atoms with E-state index in [1.807, 2.05) is 4.57 Å². The van der Waals surface area contributed by atoms with Crippen LogP contribution in [0.15, 0.2) is 10.9 Å². The molecule has 1 atom stereocenters. The highest BCUT2D eigenvalue weighted by Gasteiger charge is 2.20. The maximum atomic E-state index is 11.7. The van der Waals surface area contributed by atoms with Crippen molar-refractivity contribution in [3.05, 3.63) is 27.9 Å². The first-order valence-electron chi connectivity index (χ1n) is 5.33. The van der Waals surface area contributed by atoms with Crippen molar-refractivity contribution in [1.29, 1.82) is 0 Å². The third kappa shape index (κ3) is 1.47. The van der Waals surface area contributed by atoms with Crippen LogP contribution >= 0.6 is 0 Å². The van der Waals surface area contributed by atoms with Gasteiger partial charge in [-0.1, -0.05) is 13.3 Å². The van der Waals surface area contributed by atoms with E-state index in [9.17, 15) is 4.79 Å². The first kappa shape index (κ1) is 9.44. The van der Waals surface area contributed by atoms with Crippen molar-refractivity contribution in [2.24, 2.45) is 0 Å². The number of hydrogen-bond acceptors (Lipinski definition) is 2. The molecule has 0 fully saturated rings. The molecule has 0 saturated heterocycles. The highest BCUT2D eigenvalue weighted by atomic mass is 16.1. The van der Waals surface area contributed by atoms with Gasteiger partial charge in [0.2, 0.25) is 0 Å². The van der Waals surface area contributed by atoms with Gasteiger partial charge in [-0.2, -0.15) is 0 Å². The maximum absolute atomic E-state index is 11.7. The molecule has 3 heteroatoms. The predicted molar refractivity (Wildman–Crippen MR) is 55.5 cm³/mol. The molecule has 0 spiro atoms. The summed E-state index contributed by atoms with van der Waals surface area (Å²) < 4.78 is 1.83. The van der Waals surface area contributed by atoms with Crippen LogP contribution in [0.1, 0.15) is 44.2 Å². The summed E-state index contributed by atoms with van der Waals surface area (Å²) >= 11 is 0. The maximum Gasteiger partial charge on any atom is 0.253 e. The number of fused-ring (bicyclic) bond motifs is 1. The van der Waals surface area contributed by atoms with E-state index >= 15 is 0 Å². The molecule has 0 bridgehead atoms. The lowest BCUT2D eigenvalue weighted by atomic mass is 10.2. The Labute approximate surface area is 83.8 Å². The molecular weight excluding hydrogens is 176 g/mol. The van der Waals surface area contributed by atoms with Gasteiger partial charge in [-0.25, -0.2) is 4.98 Å².